The number of thiazole rings is 1. The maximum absolute atomic E-state index is 6.40. The van der Waals surface area contributed by atoms with Crippen LogP contribution >= 0.6 is 11.3 Å². The van der Waals surface area contributed by atoms with Crippen molar-refractivity contribution in [2.45, 2.75) is 45.6 Å². The van der Waals surface area contributed by atoms with Gasteiger partial charge in [-0.15, -0.1) is 11.3 Å². The highest BCUT2D eigenvalue weighted by Gasteiger charge is 2.21. The number of benzene rings is 1. The van der Waals surface area contributed by atoms with Crippen LogP contribution in [0.4, 0.5) is 0 Å². The second-order valence-electron chi connectivity index (χ2n) is 6.01. The minimum Gasteiger partial charge on any atom is -0.324 e. The standard InChI is InChI=1S/C16H22N2S/c1-11-18-12(10-19-11)9-15(17)13-7-5-6-8-14(13)16(2,3)4/h5-8,10,15H,9,17H2,1-4H3. The first-order valence-electron chi connectivity index (χ1n) is 6.64. The Labute approximate surface area is 119 Å². The van der Waals surface area contributed by atoms with Crippen molar-refractivity contribution in [2.75, 3.05) is 0 Å². The first-order valence-corrected chi connectivity index (χ1v) is 7.52. The van der Waals surface area contributed by atoms with E-state index in [2.05, 4.69) is 55.4 Å². The van der Waals surface area contributed by atoms with Gasteiger partial charge in [0.05, 0.1) is 10.7 Å². The van der Waals surface area contributed by atoms with Crippen molar-refractivity contribution in [3.05, 3.63) is 51.5 Å². The van der Waals surface area contributed by atoms with Crippen molar-refractivity contribution in [3.63, 3.8) is 0 Å². The average molecular weight is 274 g/mol. The monoisotopic (exact) mass is 274 g/mol. The second kappa shape index (κ2) is 5.43. The van der Waals surface area contributed by atoms with E-state index in [-0.39, 0.29) is 11.5 Å². The third-order valence-corrected chi connectivity index (χ3v) is 4.09. The second-order valence-corrected chi connectivity index (χ2v) is 7.07. The SMILES string of the molecule is Cc1nc(CC(N)c2ccccc2C(C)(C)C)cs1. The molecule has 0 aliphatic rings. The summed E-state index contributed by atoms with van der Waals surface area (Å²) in [4.78, 5) is 4.51. The molecule has 0 bridgehead atoms. The predicted octanol–water partition coefficient (Wildman–Crippen LogP) is 3.99. The number of nitrogens with zero attached hydrogens (tertiary/aromatic N) is 1. The third-order valence-electron chi connectivity index (χ3n) is 3.26. The summed E-state index contributed by atoms with van der Waals surface area (Å²) in [5.41, 5.74) is 10.2. The van der Waals surface area contributed by atoms with Crippen LogP contribution in [0.3, 0.4) is 0 Å². The van der Waals surface area contributed by atoms with Crippen LogP contribution < -0.4 is 5.73 Å². The first kappa shape index (κ1) is 14.2. The van der Waals surface area contributed by atoms with Crippen LogP contribution in [0.15, 0.2) is 29.6 Å². The minimum absolute atomic E-state index is 0.0110. The molecule has 0 radical (unpaired) electrons. The van der Waals surface area contributed by atoms with Crippen molar-refractivity contribution in [2.24, 2.45) is 5.73 Å². The molecule has 3 heteroatoms. The lowest BCUT2D eigenvalue weighted by Gasteiger charge is -2.25. The molecule has 2 nitrogen and oxygen atoms in total. The highest BCUT2D eigenvalue weighted by molar-refractivity contribution is 7.09. The largest absolute Gasteiger partial charge is 0.324 e. The first-order chi connectivity index (χ1) is 8.88. The van der Waals surface area contributed by atoms with Gasteiger partial charge in [0, 0.05) is 17.8 Å². The summed E-state index contributed by atoms with van der Waals surface area (Å²) in [6.07, 6.45) is 0.803. The number of hydrogen-bond donors (Lipinski definition) is 1. The van der Waals surface area contributed by atoms with E-state index in [1.54, 1.807) is 11.3 Å². The maximum Gasteiger partial charge on any atom is 0.0897 e. The highest BCUT2D eigenvalue weighted by Crippen LogP contribution is 2.30. The van der Waals surface area contributed by atoms with Crippen molar-refractivity contribution in [3.8, 4) is 0 Å². The Bertz CT molecular complexity index is 552. The quantitative estimate of drug-likeness (QED) is 0.919. The lowest BCUT2D eigenvalue weighted by Crippen LogP contribution is -2.21. The van der Waals surface area contributed by atoms with Crippen LogP contribution in [0, 0.1) is 6.92 Å². The van der Waals surface area contributed by atoms with Crippen LogP contribution in [0.1, 0.15) is 48.6 Å². The van der Waals surface area contributed by atoms with Gasteiger partial charge in [-0.1, -0.05) is 45.0 Å². The zero-order chi connectivity index (χ0) is 14.0. The summed E-state index contributed by atoms with van der Waals surface area (Å²) >= 11 is 1.68. The Hall–Kier alpha value is -1.19. The zero-order valence-electron chi connectivity index (χ0n) is 12.1. The molecule has 0 fully saturated rings. The average Bonchev–Trinajstić information content (AvgIpc) is 2.73. The molecule has 0 saturated heterocycles. The lowest BCUT2D eigenvalue weighted by molar-refractivity contribution is 0.567. The smallest absolute Gasteiger partial charge is 0.0897 e. The molecule has 1 atom stereocenters. The van der Waals surface area contributed by atoms with E-state index in [0.29, 0.717) is 0 Å². The van der Waals surface area contributed by atoms with Crippen molar-refractivity contribution < 1.29 is 0 Å². The molecule has 2 aromatic rings. The van der Waals surface area contributed by atoms with E-state index in [1.807, 2.05) is 6.92 Å². The van der Waals surface area contributed by atoms with Crippen molar-refractivity contribution in [1.29, 1.82) is 0 Å². The fourth-order valence-electron chi connectivity index (χ4n) is 2.34. The Morgan fingerprint density at radius 2 is 1.95 bits per heavy atom. The molecule has 1 aromatic carbocycles. The van der Waals surface area contributed by atoms with E-state index in [0.717, 1.165) is 17.1 Å². The summed E-state index contributed by atoms with van der Waals surface area (Å²) in [5, 5.41) is 3.21. The van der Waals surface area contributed by atoms with E-state index >= 15 is 0 Å². The molecular weight excluding hydrogens is 252 g/mol. The fraction of sp³-hybridized carbons (Fsp3) is 0.438. The van der Waals surface area contributed by atoms with Gasteiger partial charge < -0.3 is 5.73 Å². The topological polar surface area (TPSA) is 38.9 Å². The number of aromatic nitrogens is 1. The van der Waals surface area contributed by atoms with Crippen LogP contribution in [0.5, 0.6) is 0 Å². The third kappa shape index (κ3) is 3.43. The molecule has 19 heavy (non-hydrogen) atoms. The summed E-state index contributed by atoms with van der Waals surface area (Å²) in [5.74, 6) is 0. The minimum atomic E-state index is 0.0110. The zero-order valence-corrected chi connectivity index (χ0v) is 12.9. The van der Waals surface area contributed by atoms with Gasteiger partial charge in [-0.05, 0) is 23.5 Å². The van der Waals surface area contributed by atoms with Gasteiger partial charge >= 0.3 is 0 Å². The van der Waals surface area contributed by atoms with E-state index in [1.165, 1.54) is 11.1 Å². The van der Waals surface area contributed by atoms with Gasteiger partial charge in [-0.3, -0.25) is 0 Å². The fourth-order valence-corrected chi connectivity index (χ4v) is 2.97. The molecule has 2 rings (SSSR count). The van der Waals surface area contributed by atoms with Crippen LogP contribution in [-0.2, 0) is 11.8 Å². The predicted molar refractivity (Wildman–Crippen MR) is 82.6 cm³/mol. The molecule has 0 amide bonds. The van der Waals surface area contributed by atoms with Gasteiger partial charge in [-0.25, -0.2) is 4.98 Å². The normalized spacial score (nSPS) is 13.5. The van der Waals surface area contributed by atoms with Gasteiger partial charge in [0.25, 0.3) is 0 Å². The summed E-state index contributed by atoms with van der Waals surface area (Å²) in [6.45, 7) is 8.71. The van der Waals surface area contributed by atoms with Gasteiger partial charge in [0.15, 0.2) is 0 Å². The number of rotatable bonds is 3. The Balaban J connectivity index is 2.26. The van der Waals surface area contributed by atoms with Gasteiger partial charge in [0.2, 0.25) is 0 Å². The molecule has 2 N–H and O–H groups in total. The van der Waals surface area contributed by atoms with Crippen LogP contribution in [-0.4, -0.2) is 4.98 Å². The number of aryl methyl sites for hydroxylation is 1. The molecule has 0 aliphatic heterocycles. The molecule has 1 unspecified atom stereocenters. The van der Waals surface area contributed by atoms with Gasteiger partial charge in [-0.2, -0.15) is 0 Å². The Morgan fingerprint density at radius 1 is 1.26 bits per heavy atom. The lowest BCUT2D eigenvalue weighted by atomic mass is 9.81. The summed E-state index contributed by atoms with van der Waals surface area (Å²) < 4.78 is 0. The summed E-state index contributed by atoms with van der Waals surface area (Å²) in [7, 11) is 0. The van der Waals surface area contributed by atoms with E-state index in [9.17, 15) is 0 Å². The molecule has 1 heterocycles. The number of hydrogen-bond acceptors (Lipinski definition) is 3. The van der Waals surface area contributed by atoms with E-state index in [4.69, 9.17) is 5.73 Å². The van der Waals surface area contributed by atoms with Gasteiger partial charge in [0.1, 0.15) is 0 Å². The molecule has 0 spiro atoms. The molecule has 0 saturated carbocycles. The molecule has 1 aromatic heterocycles. The maximum atomic E-state index is 6.40. The summed E-state index contributed by atoms with van der Waals surface area (Å²) in [6, 6.07) is 8.49. The molecular formula is C16H22N2S. The Morgan fingerprint density at radius 3 is 2.53 bits per heavy atom. The Kier molecular flexibility index (Phi) is 4.07. The van der Waals surface area contributed by atoms with Crippen molar-refractivity contribution in [1.82, 2.24) is 4.98 Å². The molecule has 0 aliphatic carbocycles. The highest BCUT2D eigenvalue weighted by atomic mass is 32.1. The number of nitrogens with two attached hydrogens (primary N) is 1. The van der Waals surface area contributed by atoms with Crippen LogP contribution in [0.2, 0.25) is 0 Å². The van der Waals surface area contributed by atoms with E-state index < -0.39 is 0 Å². The van der Waals surface area contributed by atoms with Crippen LogP contribution in [0.25, 0.3) is 0 Å². The molecule has 102 valence electrons. The van der Waals surface area contributed by atoms with Crippen molar-refractivity contribution >= 4 is 11.3 Å².